The quantitative estimate of drug-likeness (QED) is 0.477. The lowest BCUT2D eigenvalue weighted by atomic mass is 10.2. The van der Waals surface area contributed by atoms with Crippen LogP contribution in [0.1, 0.15) is 12.5 Å². The zero-order chi connectivity index (χ0) is 14.1. The van der Waals surface area contributed by atoms with E-state index in [-0.39, 0.29) is 5.82 Å². The largest absolute Gasteiger partial charge is 0.380 e. The molecule has 0 aliphatic heterocycles. The summed E-state index contributed by atoms with van der Waals surface area (Å²) < 4.78 is 19.2. The van der Waals surface area contributed by atoms with Crippen LogP contribution in [0.25, 0.3) is 0 Å². The van der Waals surface area contributed by atoms with Crippen LogP contribution in [0.15, 0.2) is 27.7 Å². The van der Waals surface area contributed by atoms with E-state index in [1.54, 1.807) is 13.1 Å². The number of nitrogens with zero attached hydrogens (tertiary/aromatic N) is 1. The molecule has 0 amide bonds. The summed E-state index contributed by atoms with van der Waals surface area (Å²) in [5.41, 5.74) is 0.841. The average Bonchev–Trinajstić information content (AvgIpc) is 2.41. The minimum atomic E-state index is -0.251. The van der Waals surface area contributed by atoms with Gasteiger partial charge in [-0.1, -0.05) is 15.9 Å². The van der Waals surface area contributed by atoms with E-state index < -0.39 is 0 Å². The van der Waals surface area contributed by atoms with Crippen molar-refractivity contribution in [3.05, 3.63) is 34.1 Å². The molecule has 2 N–H and O–H groups in total. The first kappa shape index (κ1) is 15.9. The molecule has 106 valence electrons. The third kappa shape index (κ3) is 6.02. The van der Waals surface area contributed by atoms with E-state index in [9.17, 15) is 4.39 Å². The fourth-order valence-electron chi connectivity index (χ4n) is 1.46. The summed E-state index contributed by atoms with van der Waals surface area (Å²) in [6.07, 6.45) is 0. The molecule has 0 saturated carbocycles. The van der Waals surface area contributed by atoms with E-state index in [1.807, 2.05) is 6.92 Å². The highest BCUT2D eigenvalue weighted by molar-refractivity contribution is 9.10. The first-order chi connectivity index (χ1) is 9.17. The molecule has 0 heterocycles. The summed E-state index contributed by atoms with van der Waals surface area (Å²) in [6, 6.07) is 4.60. The van der Waals surface area contributed by atoms with E-state index in [4.69, 9.17) is 4.74 Å². The van der Waals surface area contributed by atoms with Gasteiger partial charge in [0.1, 0.15) is 5.82 Å². The molecule has 0 bridgehead atoms. The summed E-state index contributed by atoms with van der Waals surface area (Å²) >= 11 is 3.39. The molecule has 0 aliphatic carbocycles. The SMILES string of the molecule is CCOCCNC(=NC)NCc1cc(F)ccc1Br. The van der Waals surface area contributed by atoms with Crippen molar-refractivity contribution in [2.45, 2.75) is 13.5 Å². The summed E-state index contributed by atoms with van der Waals surface area (Å²) in [5, 5.41) is 6.23. The van der Waals surface area contributed by atoms with Crippen LogP contribution in [0.3, 0.4) is 0 Å². The van der Waals surface area contributed by atoms with Crippen LogP contribution in [0.5, 0.6) is 0 Å². The Morgan fingerprint density at radius 1 is 1.42 bits per heavy atom. The highest BCUT2D eigenvalue weighted by Gasteiger charge is 2.03. The maximum Gasteiger partial charge on any atom is 0.191 e. The monoisotopic (exact) mass is 331 g/mol. The number of aliphatic imine (C=N–C) groups is 1. The van der Waals surface area contributed by atoms with E-state index in [0.29, 0.717) is 32.3 Å². The van der Waals surface area contributed by atoms with Crippen molar-refractivity contribution < 1.29 is 9.13 Å². The summed E-state index contributed by atoms with van der Waals surface area (Å²) in [4.78, 5) is 4.08. The molecular formula is C13H19BrFN3O. The Morgan fingerprint density at radius 3 is 2.89 bits per heavy atom. The van der Waals surface area contributed by atoms with Gasteiger partial charge in [0.05, 0.1) is 6.61 Å². The van der Waals surface area contributed by atoms with Crippen molar-refractivity contribution in [2.75, 3.05) is 26.8 Å². The molecule has 0 atom stereocenters. The van der Waals surface area contributed by atoms with Crippen molar-refractivity contribution in [2.24, 2.45) is 4.99 Å². The number of halogens is 2. The highest BCUT2D eigenvalue weighted by atomic mass is 79.9. The standard InChI is InChI=1S/C13H19BrFN3O/c1-3-19-7-6-17-13(16-2)18-9-10-8-11(15)4-5-12(10)14/h4-5,8H,3,6-7,9H2,1-2H3,(H2,16,17,18). The second kappa shape index (κ2) is 8.87. The van der Waals surface area contributed by atoms with Gasteiger partial charge in [0.15, 0.2) is 5.96 Å². The van der Waals surface area contributed by atoms with Crippen LogP contribution < -0.4 is 10.6 Å². The van der Waals surface area contributed by atoms with Crippen LogP contribution in [0.4, 0.5) is 4.39 Å². The molecule has 19 heavy (non-hydrogen) atoms. The van der Waals surface area contributed by atoms with E-state index in [1.165, 1.54) is 12.1 Å². The molecule has 0 aromatic heterocycles. The Kier molecular flexibility index (Phi) is 7.43. The highest BCUT2D eigenvalue weighted by Crippen LogP contribution is 2.17. The van der Waals surface area contributed by atoms with E-state index >= 15 is 0 Å². The lowest BCUT2D eigenvalue weighted by molar-refractivity contribution is 0.152. The first-order valence-electron chi connectivity index (χ1n) is 6.13. The van der Waals surface area contributed by atoms with Crippen LogP contribution in [-0.4, -0.2) is 32.8 Å². The van der Waals surface area contributed by atoms with Gasteiger partial charge in [0.2, 0.25) is 0 Å². The molecule has 1 aromatic rings. The fourth-order valence-corrected chi connectivity index (χ4v) is 1.85. The van der Waals surface area contributed by atoms with Gasteiger partial charge in [0, 0.05) is 31.2 Å². The number of nitrogens with one attached hydrogen (secondary N) is 2. The van der Waals surface area contributed by atoms with Gasteiger partial charge in [-0.3, -0.25) is 4.99 Å². The van der Waals surface area contributed by atoms with Crippen LogP contribution >= 0.6 is 15.9 Å². The first-order valence-corrected chi connectivity index (χ1v) is 6.92. The number of rotatable bonds is 6. The van der Waals surface area contributed by atoms with Crippen molar-refractivity contribution in [1.82, 2.24) is 10.6 Å². The van der Waals surface area contributed by atoms with E-state index in [2.05, 4.69) is 31.6 Å². The molecular weight excluding hydrogens is 313 g/mol. The average molecular weight is 332 g/mol. The molecule has 0 radical (unpaired) electrons. The van der Waals surface area contributed by atoms with Gasteiger partial charge in [0.25, 0.3) is 0 Å². The Bertz CT molecular complexity index is 426. The Labute approximate surface area is 121 Å². The third-order valence-corrected chi connectivity index (χ3v) is 3.19. The Morgan fingerprint density at radius 2 is 2.21 bits per heavy atom. The molecule has 0 spiro atoms. The third-order valence-electron chi connectivity index (χ3n) is 2.42. The summed E-state index contributed by atoms with van der Waals surface area (Å²) in [5.74, 6) is 0.412. The molecule has 0 saturated heterocycles. The molecule has 4 nitrogen and oxygen atoms in total. The van der Waals surface area contributed by atoms with Crippen molar-refractivity contribution in [1.29, 1.82) is 0 Å². The minimum absolute atomic E-state index is 0.251. The summed E-state index contributed by atoms with van der Waals surface area (Å²) in [6.45, 7) is 4.45. The van der Waals surface area contributed by atoms with Crippen LogP contribution in [0, 0.1) is 5.82 Å². The number of ether oxygens (including phenoxy) is 1. The maximum absolute atomic E-state index is 13.1. The number of guanidine groups is 1. The topological polar surface area (TPSA) is 45.6 Å². The van der Waals surface area contributed by atoms with Gasteiger partial charge >= 0.3 is 0 Å². The zero-order valence-corrected chi connectivity index (χ0v) is 12.8. The summed E-state index contributed by atoms with van der Waals surface area (Å²) in [7, 11) is 1.69. The van der Waals surface area contributed by atoms with Gasteiger partial charge in [-0.2, -0.15) is 0 Å². The number of hydrogen-bond acceptors (Lipinski definition) is 2. The second-order valence-corrected chi connectivity index (χ2v) is 4.64. The maximum atomic E-state index is 13.1. The molecule has 1 aromatic carbocycles. The predicted molar refractivity (Wildman–Crippen MR) is 78.8 cm³/mol. The lowest BCUT2D eigenvalue weighted by Gasteiger charge is -2.12. The predicted octanol–water partition coefficient (Wildman–Crippen LogP) is 2.29. The van der Waals surface area contributed by atoms with Crippen molar-refractivity contribution >= 4 is 21.9 Å². The fraction of sp³-hybridized carbons (Fsp3) is 0.462. The number of benzene rings is 1. The van der Waals surface area contributed by atoms with Gasteiger partial charge < -0.3 is 15.4 Å². The molecule has 6 heteroatoms. The molecule has 1 rings (SSSR count). The van der Waals surface area contributed by atoms with Crippen molar-refractivity contribution in [3.63, 3.8) is 0 Å². The number of hydrogen-bond donors (Lipinski definition) is 2. The second-order valence-electron chi connectivity index (χ2n) is 3.79. The van der Waals surface area contributed by atoms with Gasteiger partial charge in [-0.25, -0.2) is 4.39 Å². The minimum Gasteiger partial charge on any atom is -0.380 e. The Balaban J connectivity index is 2.42. The molecule has 0 aliphatic rings. The normalized spacial score (nSPS) is 11.5. The lowest BCUT2D eigenvalue weighted by Crippen LogP contribution is -2.38. The van der Waals surface area contributed by atoms with Crippen molar-refractivity contribution in [3.8, 4) is 0 Å². The van der Waals surface area contributed by atoms with Crippen LogP contribution in [-0.2, 0) is 11.3 Å². The van der Waals surface area contributed by atoms with Gasteiger partial charge in [-0.05, 0) is 30.7 Å². The molecule has 0 fully saturated rings. The smallest absolute Gasteiger partial charge is 0.191 e. The Hall–Kier alpha value is -1.14. The van der Waals surface area contributed by atoms with E-state index in [0.717, 1.165) is 10.0 Å². The van der Waals surface area contributed by atoms with Gasteiger partial charge in [-0.15, -0.1) is 0 Å². The molecule has 0 unspecified atom stereocenters. The zero-order valence-electron chi connectivity index (χ0n) is 11.2. The van der Waals surface area contributed by atoms with Crippen LogP contribution in [0.2, 0.25) is 0 Å².